The molecule has 1 amide bonds. The van der Waals surface area contributed by atoms with Crippen molar-refractivity contribution in [3.8, 4) is 0 Å². The summed E-state index contributed by atoms with van der Waals surface area (Å²) in [6.45, 7) is 0.0286. The Kier molecular flexibility index (Phi) is 3.01. The standard InChI is InChI=1S/C12H13N3O3/c1-14(2)10(16)7-15-9-6-4-3-5-8(9)11(13-15)12(17)18/h3-6H,7H2,1-2H3,(H,17,18). The van der Waals surface area contributed by atoms with Crippen molar-refractivity contribution in [2.24, 2.45) is 0 Å². The van der Waals surface area contributed by atoms with Crippen LogP contribution >= 0.6 is 0 Å². The first-order valence-electron chi connectivity index (χ1n) is 5.39. The van der Waals surface area contributed by atoms with E-state index in [2.05, 4.69) is 5.10 Å². The lowest BCUT2D eigenvalue weighted by molar-refractivity contribution is -0.129. The molecule has 0 saturated heterocycles. The van der Waals surface area contributed by atoms with Gasteiger partial charge < -0.3 is 10.0 Å². The summed E-state index contributed by atoms with van der Waals surface area (Å²) >= 11 is 0. The molecule has 0 fully saturated rings. The highest BCUT2D eigenvalue weighted by atomic mass is 16.4. The molecule has 0 saturated carbocycles. The van der Waals surface area contributed by atoms with E-state index < -0.39 is 5.97 Å². The number of hydrogen-bond acceptors (Lipinski definition) is 3. The lowest BCUT2D eigenvalue weighted by atomic mass is 10.2. The molecule has 1 heterocycles. The second kappa shape index (κ2) is 4.48. The van der Waals surface area contributed by atoms with Gasteiger partial charge in [0.15, 0.2) is 5.69 Å². The second-order valence-electron chi connectivity index (χ2n) is 4.12. The predicted octanol–water partition coefficient (Wildman–Crippen LogP) is 0.823. The molecule has 1 aromatic carbocycles. The first-order valence-corrected chi connectivity index (χ1v) is 5.39. The summed E-state index contributed by atoms with van der Waals surface area (Å²) in [5, 5.41) is 13.6. The molecular weight excluding hydrogens is 234 g/mol. The van der Waals surface area contributed by atoms with Crippen LogP contribution in [0.5, 0.6) is 0 Å². The van der Waals surface area contributed by atoms with Crippen molar-refractivity contribution in [3.05, 3.63) is 30.0 Å². The van der Waals surface area contributed by atoms with E-state index in [1.165, 1.54) is 9.58 Å². The van der Waals surface area contributed by atoms with Crippen LogP contribution in [-0.4, -0.2) is 45.8 Å². The first-order chi connectivity index (χ1) is 8.50. The summed E-state index contributed by atoms with van der Waals surface area (Å²) in [5.74, 6) is -1.23. The zero-order chi connectivity index (χ0) is 13.3. The molecule has 6 nitrogen and oxygen atoms in total. The number of carboxylic acid groups (broad SMARTS) is 1. The van der Waals surface area contributed by atoms with Gasteiger partial charge in [0.2, 0.25) is 5.91 Å². The van der Waals surface area contributed by atoms with Gasteiger partial charge in [-0.05, 0) is 6.07 Å². The highest BCUT2D eigenvalue weighted by Crippen LogP contribution is 2.18. The van der Waals surface area contributed by atoms with E-state index >= 15 is 0 Å². The van der Waals surface area contributed by atoms with Gasteiger partial charge in [-0.2, -0.15) is 5.10 Å². The third kappa shape index (κ3) is 2.04. The quantitative estimate of drug-likeness (QED) is 0.871. The predicted molar refractivity (Wildman–Crippen MR) is 65.4 cm³/mol. The SMILES string of the molecule is CN(C)C(=O)Cn1nc(C(=O)O)c2ccccc21. The average molecular weight is 247 g/mol. The van der Waals surface area contributed by atoms with E-state index in [0.29, 0.717) is 10.9 Å². The molecule has 1 N–H and O–H groups in total. The fourth-order valence-electron chi connectivity index (χ4n) is 1.68. The number of likely N-dealkylation sites (N-methyl/N-ethyl adjacent to an activating group) is 1. The average Bonchev–Trinajstić information content (AvgIpc) is 2.68. The van der Waals surface area contributed by atoms with Crippen molar-refractivity contribution < 1.29 is 14.7 Å². The summed E-state index contributed by atoms with van der Waals surface area (Å²) in [7, 11) is 3.29. The monoisotopic (exact) mass is 247 g/mol. The van der Waals surface area contributed by atoms with Gasteiger partial charge in [0.1, 0.15) is 6.54 Å². The maximum Gasteiger partial charge on any atom is 0.357 e. The molecular formula is C12H13N3O3. The fourth-order valence-corrected chi connectivity index (χ4v) is 1.68. The third-order valence-corrected chi connectivity index (χ3v) is 2.64. The number of nitrogens with zero attached hydrogens (tertiary/aromatic N) is 3. The number of para-hydroxylation sites is 1. The van der Waals surface area contributed by atoms with Crippen molar-refractivity contribution in [3.63, 3.8) is 0 Å². The van der Waals surface area contributed by atoms with E-state index in [0.717, 1.165) is 0 Å². The van der Waals surface area contributed by atoms with Gasteiger partial charge in [-0.25, -0.2) is 4.79 Å². The van der Waals surface area contributed by atoms with Crippen molar-refractivity contribution in [2.45, 2.75) is 6.54 Å². The maximum atomic E-state index is 11.7. The Morgan fingerprint density at radius 3 is 2.61 bits per heavy atom. The smallest absolute Gasteiger partial charge is 0.357 e. The number of carbonyl (C=O) groups excluding carboxylic acids is 1. The number of carboxylic acids is 1. The van der Waals surface area contributed by atoms with E-state index in [9.17, 15) is 9.59 Å². The minimum Gasteiger partial charge on any atom is -0.476 e. The third-order valence-electron chi connectivity index (χ3n) is 2.64. The zero-order valence-electron chi connectivity index (χ0n) is 10.1. The molecule has 18 heavy (non-hydrogen) atoms. The summed E-state index contributed by atoms with van der Waals surface area (Å²) in [5.41, 5.74) is 0.613. The van der Waals surface area contributed by atoms with Gasteiger partial charge in [-0.1, -0.05) is 18.2 Å². The van der Waals surface area contributed by atoms with Gasteiger partial charge >= 0.3 is 5.97 Å². The maximum absolute atomic E-state index is 11.7. The topological polar surface area (TPSA) is 75.4 Å². The highest BCUT2D eigenvalue weighted by Gasteiger charge is 2.17. The Balaban J connectivity index is 2.51. The second-order valence-corrected chi connectivity index (χ2v) is 4.12. The van der Waals surface area contributed by atoms with E-state index in [4.69, 9.17) is 5.11 Å². The van der Waals surface area contributed by atoms with Gasteiger partial charge in [0, 0.05) is 19.5 Å². The highest BCUT2D eigenvalue weighted by molar-refractivity contribution is 6.01. The molecule has 0 bridgehead atoms. The van der Waals surface area contributed by atoms with Gasteiger partial charge in [-0.3, -0.25) is 9.48 Å². The fraction of sp³-hybridized carbons (Fsp3) is 0.250. The van der Waals surface area contributed by atoms with Crippen LogP contribution in [0.3, 0.4) is 0 Å². The van der Waals surface area contributed by atoms with Crippen LogP contribution in [0.4, 0.5) is 0 Å². The summed E-state index contributed by atoms with van der Waals surface area (Å²) in [6.07, 6.45) is 0. The van der Waals surface area contributed by atoms with Crippen LogP contribution in [-0.2, 0) is 11.3 Å². The van der Waals surface area contributed by atoms with Crippen LogP contribution in [0.1, 0.15) is 10.5 Å². The van der Waals surface area contributed by atoms with Crippen molar-refractivity contribution in [1.82, 2.24) is 14.7 Å². The van der Waals surface area contributed by atoms with Crippen molar-refractivity contribution in [2.75, 3.05) is 14.1 Å². The molecule has 0 spiro atoms. The molecule has 94 valence electrons. The van der Waals surface area contributed by atoms with Gasteiger partial charge in [0.05, 0.1) is 5.52 Å². The lowest BCUT2D eigenvalue weighted by Crippen LogP contribution is -2.26. The Labute approximate surface area is 103 Å². The number of aromatic nitrogens is 2. The van der Waals surface area contributed by atoms with Crippen molar-refractivity contribution >= 4 is 22.8 Å². The number of aromatic carboxylic acids is 1. The number of benzene rings is 1. The molecule has 0 aliphatic rings. The Bertz CT molecular complexity index is 616. The van der Waals surface area contributed by atoms with Crippen molar-refractivity contribution in [1.29, 1.82) is 0 Å². The number of carbonyl (C=O) groups is 2. The van der Waals surface area contributed by atoms with E-state index in [1.807, 2.05) is 0 Å². The molecule has 0 aliphatic heterocycles. The minimum atomic E-state index is -1.10. The molecule has 2 rings (SSSR count). The number of amides is 1. The van der Waals surface area contributed by atoms with E-state index in [-0.39, 0.29) is 18.1 Å². The minimum absolute atomic E-state index is 0.0286. The first kappa shape index (κ1) is 12.1. The molecule has 1 aromatic heterocycles. The van der Waals surface area contributed by atoms with Crippen LogP contribution in [0, 0.1) is 0 Å². The molecule has 6 heteroatoms. The molecule has 0 unspecified atom stereocenters. The Morgan fingerprint density at radius 2 is 2.00 bits per heavy atom. The van der Waals surface area contributed by atoms with Crippen LogP contribution < -0.4 is 0 Å². The molecule has 0 atom stereocenters. The molecule has 2 aromatic rings. The van der Waals surface area contributed by atoms with Gasteiger partial charge in [-0.15, -0.1) is 0 Å². The Morgan fingerprint density at radius 1 is 1.33 bits per heavy atom. The molecule has 0 radical (unpaired) electrons. The van der Waals surface area contributed by atoms with Crippen LogP contribution in [0.15, 0.2) is 24.3 Å². The zero-order valence-corrected chi connectivity index (χ0v) is 10.1. The normalized spacial score (nSPS) is 10.6. The lowest BCUT2D eigenvalue weighted by Gasteiger charge is -2.10. The van der Waals surface area contributed by atoms with Gasteiger partial charge in [0.25, 0.3) is 0 Å². The summed E-state index contributed by atoms with van der Waals surface area (Å²) in [4.78, 5) is 24.2. The van der Waals surface area contributed by atoms with E-state index in [1.54, 1.807) is 38.4 Å². The molecule has 0 aliphatic carbocycles. The van der Waals surface area contributed by atoms with Crippen LogP contribution in [0.2, 0.25) is 0 Å². The largest absolute Gasteiger partial charge is 0.476 e. The Hall–Kier alpha value is -2.37. The van der Waals surface area contributed by atoms with Crippen LogP contribution in [0.25, 0.3) is 10.9 Å². The number of fused-ring (bicyclic) bond motifs is 1. The summed E-state index contributed by atoms with van der Waals surface area (Å²) in [6, 6.07) is 6.96. The number of rotatable bonds is 3. The number of hydrogen-bond donors (Lipinski definition) is 1. The summed E-state index contributed by atoms with van der Waals surface area (Å²) < 4.78 is 1.42.